The minimum atomic E-state index is -0.912. The van der Waals surface area contributed by atoms with Crippen LogP contribution < -0.4 is 0 Å². The summed E-state index contributed by atoms with van der Waals surface area (Å²) in [7, 11) is 0. The van der Waals surface area contributed by atoms with Crippen molar-refractivity contribution >= 4 is 40.6 Å². The predicted octanol–water partition coefficient (Wildman–Crippen LogP) is 5.70. The highest BCUT2D eigenvalue weighted by Gasteiger charge is 2.16. The minimum Gasteiger partial charge on any atom is -0.508 e. The van der Waals surface area contributed by atoms with Crippen LogP contribution in [0.1, 0.15) is 45.9 Å². The van der Waals surface area contributed by atoms with E-state index in [-0.39, 0.29) is 11.7 Å². The fourth-order valence-electron chi connectivity index (χ4n) is 2.33. The smallest absolute Gasteiger partial charge is 0.345 e. The van der Waals surface area contributed by atoms with E-state index in [0.29, 0.717) is 9.90 Å². The summed E-state index contributed by atoms with van der Waals surface area (Å²) in [4.78, 5) is 12.4. The highest BCUT2D eigenvalue weighted by Crippen LogP contribution is 2.36. The second-order valence-corrected chi connectivity index (χ2v) is 7.03. The fourth-order valence-corrected chi connectivity index (χ4v) is 3.58. The van der Waals surface area contributed by atoms with Gasteiger partial charge in [-0.25, -0.2) is 4.79 Å². The van der Waals surface area contributed by atoms with Crippen molar-refractivity contribution in [2.75, 3.05) is 0 Å². The number of hydrogen-bond donors (Lipinski definition) is 2. The Balaban J connectivity index is 2.57. The van der Waals surface area contributed by atoms with Crippen LogP contribution in [0, 0.1) is 12.8 Å². The molecule has 0 aliphatic carbocycles. The first-order chi connectivity index (χ1) is 10.8. The predicted molar refractivity (Wildman–Crippen MR) is 96.5 cm³/mol. The Morgan fingerprint density at radius 3 is 2.61 bits per heavy atom. The molecule has 1 unspecified atom stereocenters. The van der Waals surface area contributed by atoms with E-state index in [1.54, 1.807) is 18.2 Å². The summed E-state index contributed by atoms with van der Waals surface area (Å²) in [6.45, 7) is 6.11. The van der Waals surface area contributed by atoms with Crippen LogP contribution in [0.15, 0.2) is 24.3 Å². The molecule has 122 valence electrons. The van der Waals surface area contributed by atoms with E-state index in [9.17, 15) is 9.90 Å². The van der Waals surface area contributed by atoms with Crippen LogP contribution in [-0.2, 0) is 0 Å². The summed E-state index contributed by atoms with van der Waals surface area (Å²) in [5.74, 6) is -0.528. The average Bonchev–Trinajstić information content (AvgIpc) is 2.86. The molecule has 0 fully saturated rings. The van der Waals surface area contributed by atoms with Gasteiger partial charge in [0.15, 0.2) is 0 Å². The lowest BCUT2D eigenvalue weighted by Gasteiger charge is -2.16. The van der Waals surface area contributed by atoms with Crippen molar-refractivity contribution in [1.82, 2.24) is 0 Å². The number of allylic oxidation sites excluding steroid dienone is 1. The van der Waals surface area contributed by atoms with Gasteiger partial charge in [-0.05, 0) is 66.3 Å². The summed E-state index contributed by atoms with van der Waals surface area (Å²) in [5.41, 5.74) is 2.84. The van der Waals surface area contributed by atoms with E-state index in [4.69, 9.17) is 16.7 Å². The highest BCUT2D eigenvalue weighted by atomic mass is 35.5. The third-order valence-electron chi connectivity index (χ3n) is 3.86. The molecule has 0 radical (unpaired) electrons. The third-order valence-corrected chi connectivity index (χ3v) is 5.35. The Labute approximate surface area is 144 Å². The van der Waals surface area contributed by atoms with E-state index in [2.05, 4.69) is 13.8 Å². The van der Waals surface area contributed by atoms with Gasteiger partial charge >= 0.3 is 5.97 Å². The molecule has 5 heteroatoms. The molecular weight excluding hydrogens is 332 g/mol. The molecule has 1 atom stereocenters. The summed E-state index contributed by atoms with van der Waals surface area (Å²) in [6.07, 6.45) is 2.94. The minimum absolute atomic E-state index is 0.128. The Bertz CT molecular complexity index is 762. The molecule has 2 rings (SSSR count). The van der Waals surface area contributed by atoms with Crippen LogP contribution in [0.2, 0.25) is 5.02 Å². The Hall–Kier alpha value is -1.78. The number of phenols is 1. The lowest BCUT2D eigenvalue weighted by Crippen LogP contribution is -1.98. The molecule has 0 aliphatic rings. The number of carboxylic acid groups (broad SMARTS) is 1. The number of halogens is 1. The Morgan fingerprint density at radius 2 is 2.09 bits per heavy atom. The van der Waals surface area contributed by atoms with Crippen LogP contribution >= 0.6 is 22.9 Å². The van der Waals surface area contributed by atoms with Gasteiger partial charge in [-0.1, -0.05) is 25.4 Å². The number of benzene rings is 1. The van der Waals surface area contributed by atoms with E-state index < -0.39 is 5.97 Å². The summed E-state index contributed by atoms with van der Waals surface area (Å²) in [5, 5.41) is 19.2. The van der Waals surface area contributed by atoms with E-state index in [1.807, 2.05) is 13.0 Å². The highest BCUT2D eigenvalue weighted by molar-refractivity contribution is 7.15. The summed E-state index contributed by atoms with van der Waals surface area (Å²) in [6, 6.07) is 6.63. The molecule has 0 aliphatic heterocycles. The molecule has 0 bridgehead atoms. The number of aryl methyl sites for hydroxylation is 1. The van der Waals surface area contributed by atoms with Gasteiger partial charge in [-0.2, -0.15) is 0 Å². The van der Waals surface area contributed by atoms with E-state index in [1.165, 1.54) is 17.4 Å². The van der Waals surface area contributed by atoms with Crippen LogP contribution in [0.5, 0.6) is 5.75 Å². The fraction of sp³-hybridized carbons (Fsp3) is 0.278. The zero-order valence-corrected chi connectivity index (χ0v) is 14.8. The number of rotatable bonds is 5. The van der Waals surface area contributed by atoms with Gasteiger partial charge in [0.2, 0.25) is 0 Å². The topological polar surface area (TPSA) is 57.5 Å². The number of carbonyl (C=O) groups is 1. The average molecular weight is 351 g/mol. The molecule has 1 aromatic heterocycles. The molecule has 1 aromatic carbocycles. The van der Waals surface area contributed by atoms with Crippen molar-refractivity contribution < 1.29 is 15.0 Å². The van der Waals surface area contributed by atoms with Gasteiger partial charge < -0.3 is 10.2 Å². The number of phenolic OH excluding ortho intramolecular Hbond substituents is 1. The number of aromatic carboxylic acids is 1. The first-order valence-corrected chi connectivity index (χ1v) is 8.57. The molecule has 0 spiro atoms. The molecule has 23 heavy (non-hydrogen) atoms. The molecule has 2 N–H and O–H groups in total. The third kappa shape index (κ3) is 3.95. The van der Waals surface area contributed by atoms with Gasteiger partial charge in [-0.15, -0.1) is 11.3 Å². The van der Waals surface area contributed by atoms with Crippen LogP contribution in [0.25, 0.3) is 11.6 Å². The molecule has 2 aromatic rings. The van der Waals surface area contributed by atoms with Crippen molar-refractivity contribution in [3.05, 3.63) is 50.2 Å². The summed E-state index contributed by atoms with van der Waals surface area (Å²) < 4.78 is 0. The quantitative estimate of drug-likeness (QED) is 0.727. The lowest BCUT2D eigenvalue weighted by molar-refractivity contribution is 0.0702. The zero-order chi connectivity index (χ0) is 17.1. The van der Waals surface area contributed by atoms with Gasteiger partial charge in [0.05, 0.1) is 5.02 Å². The maximum Gasteiger partial charge on any atom is 0.345 e. The normalized spacial score (nSPS) is 13.1. The largest absolute Gasteiger partial charge is 0.508 e. The van der Waals surface area contributed by atoms with Crippen molar-refractivity contribution in [2.45, 2.75) is 27.2 Å². The maximum absolute atomic E-state index is 11.1. The second-order valence-electron chi connectivity index (χ2n) is 5.54. The number of carboxylic acids is 1. The van der Waals surface area contributed by atoms with Crippen LogP contribution in [0.4, 0.5) is 0 Å². The molecule has 0 saturated carbocycles. The van der Waals surface area contributed by atoms with Gasteiger partial charge in [0.25, 0.3) is 0 Å². The number of thiophene rings is 1. The second kappa shape index (κ2) is 7.20. The molecule has 0 amide bonds. The van der Waals surface area contributed by atoms with Gasteiger partial charge in [0, 0.05) is 4.88 Å². The molecule has 0 saturated heterocycles. The monoisotopic (exact) mass is 350 g/mol. The zero-order valence-electron chi connectivity index (χ0n) is 13.3. The SMILES string of the molecule is CCC(C)/C(=C\c1sc(C(=O)O)cc1C)c1ccc(O)cc1Cl. The van der Waals surface area contributed by atoms with Crippen LogP contribution in [0.3, 0.4) is 0 Å². The van der Waals surface area contributed by atoms with Gasteiger partial charge in [0.1, 0.15) is 10.6 Å². The standard InChI is InChI=1S/C18H19ClO3S/c1-4-10(2)14(13-6-5-12(20)8-15(13)19)9-16-11(3)7-17(23-16)18(21)22/h5-10,20H,4H2,1-3H3,(H,21,22)/b14-9+. The number of aromatic hydroxyl groups is 1. The van der Waals surface area contributed by atoms with E-state index >= 15 is 0 Å². The van der Waals surface area contributed by atoms with Crippen molar-refractivity contribution in [3.8, 4) is 5.75 Å². The first-order valence-electron chi connectivity index (χ1n) is 7.37. The van der Waals surface area contributed by atoms with Gasteiger partial charge in [-0.3, -0.25) is 0 Å². The first kappa shape index (κ1) is 17.6. The Morgan fingerprint density at radius 1 is 1.39 bits per heavy atom. The summed E-state index contributed by atoms with van der Waals surface area (Å²) >= 11 is 7.55. The van der Waals surface area contributed by atoms with Crippen molar-refractivity contribution in [2.24, 2.45) is 5.92 Å². The van der Waals surface area contributed by atoms with Crippen molar-refractivity contribution in [1.29, 1.82) is 0 Å². The molecule has 3 nitrogen and oxygen atoms in total. The molecular formula is C18H19ClO3S. The lowest BCUT2D eigenvalue weighted by atomic mass is 9.91. The maximum atomic E-state index is 11.1. The number of hydrogen-bond acceptors (Lipinski definition) is 3. The van der Waals surface area contributed by atoms with E-state index in [0.717, 1.165) is 28.0 Å². The Kier molecular flexibility index (Phi) is 5.50. The van der Waals surface area contributed by atoms with Crippen LogP contribution in [-0.4, -0.2) is 16.2 Å². The van der Waals surface area contributed by atoms with Crippen molar-refractivity contribution in [3.63, 3.8) is 0 Å². The molecule has 1 heterocycles.